The van der Waals surface area contributed by atoms with Crippen molar-refractivity contribution in [1.29, 1.82) is 0 Å². The Labute approximate surface area is 191 Å². The molecule has 0 aliphatic heterocycles. The summed E-state index contributed by atoms with van der Waals surface area (Å²) in [6.07, 6.45) is 3.86. The number of amides is 1. The number of fused-ring (bicyclic) bond motifs is 1. The molecule has 2 heterocycles. The topological polar surface area (TPSA) is 92.6 Å². The molecule has 4 rings (SSSR count). The third-order valence-corrected chi connectivity index (χ3v) is 6.67. The number of carbonyl (C=O) groups excluding carboxylic acids is 1. The second kappa shape index (κ2) is 8.74. The molecule has 2 aromatic heterocycles. The van der Waals surface area contributed by atoms with Gasteiger partial charge in [-0.15, -0.1) is 0 Å². The molecule has 0 saturated heterocycles. The molecular formula is C23H21ClN4O3S. The molecule has 32 heavy (non-hydrogen) atoms. The van der Waals surface area contributed by atoms with Crippen LogP contribution in [0.4, 0.5) is 5.69 Å². The van der Waals surface area contributed by atoms with Gasteiger partial charge in [0.2, 0.25) is 10.0 Å². The molecule has 0 spiro atoms. The lowest BCUT2D eigenvalue weighted by Crippen LogP contribution is -2.30. The number of carbonyl (C=O) groups is 1. The minimum absolute atomic E-state index is 0.0250. The van der Waals surface area contributed by atoms with E-state index in [1.54, 1.807) is 26.0 Å². The Kier molecular flexibility index (Phi) is 6.01. The van der Waals surface area contributed by atoms with Crippen molar-refractivity contribution in [1.82, 2.24) is 14.1 Å². The normalized spacial score (nSPS) is 11.8. The monoisotopic (exact) mass is 468 g/mol. The summed E-state index contributed by atoms with van der Waals surface area (Å²) in [5.74, 6) is -0.503. The second-order valence-electron chi connectivity index (χ2n) is 7.54. The molecule has 2 aromatic carbocycles. The minimum Gasteiger partial charge on any atom is -0.322 e. The third kappa shape index (κ3) is 4.67. The smallest absolute Gasteiger partial charge is 0.257 e. The molecule has 0 radical (unpaired) electrons. The van der Waals surface area contributed by atoms with E-state index in [0.717, 1.165) is 16.9 Å². The Balaban J connectivity index is 1.54. The van der Waals surface area contributed by atoms with E-state index in [1.165, 1.54) is 18.2 Å². The number of sulfonamides is 1. The number of halogens is 1. The van der Waals surface area contributed by atoms with Gasteiger partial charge in [-0.05, 0) is 56.3 Å². The predicted octanol–water partition coefficient (Wildman–Crippen LogP) is 4.59. The van der Waals surface area contributed by atoms with Crippen molar-refractivity contribution in [2.75, 3.05) is 5.32 Å². The van der Waals surface area contributed by atoms with Crippen molar-refractivity contribution in [3.05, 3.63) is 83.6 Å². The fraction of sp³-hybridized carbons (Fsp3) is 0.130. The molecule has 0 unspecified atom stereocenters. The van der Waals surface area contributed by atoms with Crippen molar-refractivity contribution >= 4 is 38.9 Å². The number of pyridine rings is 1. The van der Waals surface area contributed by atoms with Crippen LogP contribution < -0.4 is 10.0 Å². The lowest BCUT2D eigenvalue weighted by atomic mass is 10.1. The van der Waals surface area contributed by atoms with Crippen LogP contribution in [0.3, 0.4) is 0 Å². The first-order chi connectivity index (χ1) is 15.2. The van der Waals surface area contributed by atoms with Crippen molar-refractivity contribution in [3.8, 4) is 11.3 Å². The van der Waals surface area contributed by atoms with Gasteiger partial charge < -0.3 is 9.72 Å². The molecule has 1 amide bonds. The number of rotatable bonds is 6. The van der Waals surface area contributed by atoms with Gasteiger partial charge in [-0.2, -0.15) is 0 Å². The molecule has 7 nitrogen and oxygen atoms in total. The average Bonchev–Trinajstić information content (AvgIpc) is 3.17. The Morgan fingerprint density at radius 2 is 1.81 bits per heavy atom. The van der Waals surface area contributed by atoms with Gasteiger partial charge in [-0.3, -0.25) is 4.79 Å². The van der Waals surface area contributed by atoms with Crippen LogP contribution in [0.25, 0.3) is 16.9 Å². The summed E-state index contributed by atoms with van der Waals surface area (Å²) in [6, 6.07) is 16.8. The lowest BCUT2D eigenvalue weighted by molar-refractivity contribution is 0.102. The number of aromatic nitrogens is 2. The van der Waals surface area contributed by atoms with Crippen molar-refractivity contribution < 1.29 is 13.2 Å². The Morgan fingerprint density at radius 3 is 2.50 bits per heavy atom. The average molecular weight is 469 g/mol. The van der Waals surface area contributed by atoms with Gasteiger partial charge in [0.1, 0.15) is 5.65 Å². The number of nitrogens with zero attached hydrogens (tertiary/aromatic N) is 2. The van der Waals surface area contributed by atoms with E-state index in [4.69, 9.17) is 11.6 Å². The van der Waals surface area contributed by atoms with Crippen LogP contribution in [0.5, 0.6) is 0 Å². The van der Waals surface area contributed by atoms with Crippen LogP contribution in [-0.4, -0.2) is 29.8 Å². The number of nitrogens with one attached hydrogen (secondary N) is 2. The van der Waals surface area contributed by atoms with Crippen LogP contribution in [0.1, 0.15) is 24.2 Å². The zero-order valence-corrected chi connectivity index (χ0v) is 19.0. The first-order valence-electron chi connectivity index (χ1n) is 9.90. The zero-order chi connectivity index (χ0) is 22.9. The van der Waals surface area contributed by atoms with Crippen LogP contribution in [0.15, 0.2) is 78.0 Å². The summed E-state index contributed by atoms with van der Waals surface area (Å²) in [5.41, 5.74) is 3.18. The third-order valence-electron chi connectivity index (χ3n) is 4.69. The largest absolute Gasteiger partial charge is 0.322 e. The molecule has 0 aliphatic carbocycles. The predicted molar refractivity (Wildman–Crippen MR) is 125 cm³/mol. The highest BCUT2D eigenvalue weighted by atomic mass is 35.5. The summed E-state index contributed by atoms with van der Waals surface area (Å²) in [6.45, 7) is 3.44. The molecule has 0 fully saturated rings. The van der Waals surface area contributed by atoms with Gasteiger partial charge in [0.15, 0.2) is 0 Å². The van der Waals surface area contributed by atoms with Crippen molar-refractivity contribution in [2.45, 2.75) is 24.8 Å². The molecule has 0 aliphatic rings. The summed E-state index contributed by atoms with van der Waals surface area (Å²) in [4.78, 5) is 17.3. The zero-order valence-electron chi connectivity index (χ0n) is 17.4. The van der Waals surface area contributed by atoms with E-state index < -0.39 is 15.9 Å². The fourth-order valence-electron chi connectivity index (χ4n) is 3.22. The number of imidazole rings is 1. The molecule has 4 aromatic rings. The second-order valence-corrected chi connectivity index (χ2v) is 9.66. The van der Waals surface area contributed by atoms with Gasteiger partial charge in [0.25, 0.3) is 5.91 Å². The Morgan fingerprint density at radius 1 is 1.06 bits per heavy atom. The first kappa shape index (κ1) is 22.0. The van der Waals surface area contributed by atoms with Crippen LogP contribution >= 0.6 is 11.6 Å². The van der Waals surface area contributed by atoms with Gasteiger partial charge in [-0.25, -0.2) is 18.1 Å². The maximum absolute atomic E-state index is 12.8. The van der Waals surface area contributed by atoms with Crippen molar-refractivity contribution in [3.63, 3.8) is 0 Å². The van der Waals surface area contributed by atoms with E-state index in [1.807, 2.05) is 47.1 Å². The maximum Gasteiger partial charge on any atom is 0.257 e. The van der Waals surface area contributed by atoms with Crippen molar-refractivity contribution in [2.24, 2.45) is 0 Å². The highest BCUT2D eigenvalue weighted by Crippen LogP contribution is 2.24. The van der Waals surface area contributed by atoms with E-state index in [9.17, 15) is 13.2 Å². The summed E-state index contributed by atoms with van der Waals surface area (Å²) in [7, 11) is -3.75. The van der Waals surface area contributed by atoms with E-state index in [2.05, 4.69) is 15.0 Å². The number of benzene rings is 2. The van der Waals surface area contributed by atoms with Gasteiger partial charge in [-0.1, -0.05) is 29.8 Å². The molecule has 2 N–H and O–H groups in total. The van der Waals surface area contributed by atoms with E-state index in [-0.39, 0.29) is 21.5 Å². The van der Waals surface area contributed by atoms with Gasteiger partial charge >= 0.3 is 0 Å². The summed E-state index contributed by atoms with van der Waals surface area (Å²) < 4.78 is 29.3. The molecular weight excluding hydrogens is 448 g/mol. The highest BCUT2D eigenvalue weighted by molar-refractivity contribution is 7.89. The Hall–Kier alpha value is -3.20. The van der Waals surface area contributed by atoms with Crippen LogP contribution in [0.2, 0.25) is 5.02 Å². The fourth-order valence-corrected chi connectivity index (χ4v) is 4.70. The van der Waals surface area contributed by atoms with Gasteiger partial charge in [0, 0.05) is 29.7 Å². The molecule has 0 atom stereocenters. The van der Waals surface area contributed by atoms with Crippen LogP contribution in [-0.2, 0) is 10.0 Å². The van der Waals surface area contributed by atoms with Crippen LogP contribution in [0, 0.1) is 0 Å². The quantitative estimate of drug-likeness (QED) is 0.432. The minimum atomic E-state index is -3.75. The van der Waals surface area contributed by atoms with Gasteiger partial charge in [0.05, 0.1) is 21.2 Å². The highest BCUT2D eigenvalue weighted by Gasteiger charge is 2.19. The maximum atomic E-state index is 12.8. The molecule has 0 saturated carbocycles. The van der Waals surface area contributed by atoms with E-state index in [0.29, 0.717) is 5.69 Å². The standard InChI is InChI=1S/C23H21ClN4O3S/c1-15(2)27-32(30,31)18-10-11-20(24)19(13-18)23(29)25-17-8-6-16(7-9-17)21-14-28-12-4-3-5-22(28)26-21/h3-15,27H,1-2H3,(H,25,29). The van der Waals surface area contributed by atoms with E-state index >= 15 is 0 Å². The SMILES string of the molecule is CC(C)NS(=O)(=O)c1ccc(Cl)c(C(=O)Nc2ccc(-c3cn4ccccc4n3)cc2)c1. The molecule has 9 heteroatoms. The number of anilines is 1. The number of hydrogen-bond acceptors (Lipinski definition) is 4. The number of hydrogen-bond donors (Lipinski definition) is 2. The summed E-state index contributed by atoms with van der Waals surface area (Å²) >= 11 is 6.17. The Bertz CT molecular complexity index is 1360. The lowest BCUT2D eigenvalue weighted by Gasteiger charge is -2.12. The molecule has 0 bridgehead atoms. The summed E-state index contributed by atoms with van der Waals surface area (Å²) in [5, 5.41) is 2.92. The molecule has 164 valence electrons. The first-order valence-corrected chi connectivity index (χ1v) is 11.8.